The Hall–Kier alpha value is -4.21. The number of nitrogens with zero attached hydrogens (tertiary/aromatic N) is 3. The van der Waals surface area contributed by atoms with E-state index in [-0.39, 0.29) is 11.4 Å². The smallest absolute Gasteiger partial charge is 0.307 e. The van der Waals surface area contributed by atoms with Crippen LogP contribution in [0.25, 0.3) is 0 Å². The van der Waals surface area contributed by atoms with Gasteiger partial charge in [0.2, 0.25) is 5.82 Å². The summed E-state index contributed by atoms with van der Waals surface area (Å²) in [5.74, 6) is -0.0787. The molecule has 2 aromatic rings. The standard InChI is InChI=1S/C21H21FN6O3/c1-13(7-8-23)14-5-3-4-6-16(14)26-20-11-21(25-12-24-20)27-17-10-18(28(29)30)15(22)9-19(17)31-2/h4,6-12H,1,3,5,23H2,2H3,(H2,24,25,26,27)/b8-7-. The number of nitro groups is 1. The minimum Gasteiger partial charge on any atom is -0.494 e. The topological polar surface area (TPSA) is 128 Å². The van der Waals surface area contributed by atoms with Crippen molar-refractivity contribution in [2.45, 2.75) is 12.8 Å². The second-order valence-electron chi connectivity index (χ2n) is 6.52. The maximum absolute atomic E-state index is 13.9. The van der Waals surface area contributed by atoms with Crippen LogP contribution in [0.4, 0.5) is 27.4 Å². The van der Waals surface area contributed by atoms with Crippen LogP contribution in [0.5, 0.6) is 5.75 Å². The third kappa shape index (κ3) is 5.04. The average Bonchev–Trinajstić information content (AvgIpc) is 2.75. The monoisotopic (exact) mass is 424 g/mol. The third-order valence-electron chi connectivity index (χ3n) is 4.51. The van der Waals surface area contributed by atoms with Gasteiger partial charge in [-0.3, -0.25) is 10.1 Å². The van der Waals surface area contributed by atoms with Crippen LogP contribution in [0, 0.1) is 15.9 Å². The lowest BCUT2D eigenvalue weighted by Crippen LogP contribution is -2.08. The highest BCUT2D eigenvalue weighted by Crippen LogP contribution is 2.34. The number of nitrogens with two attached hydrogens (primary N) is 1. The lowest BCUT2D eigenvalue weighted by Gasteiger charge is -2.18. The van der Waals surface area contributed by atoms with Gasteiger partial charge in [0.15, 0.2) is 0 Å². The molecule has 0 atom stereocenters. The molecule has 1 aliphatic carbocycles. The summed E-state index contributed by atoms with van der Waals surface area (Å²) in [5.41, 5.74) is 7.63. The fraction of sp³-hybridized carbons (Fsp3) is 0.143. The summed E-state index contributed by atoms with van der Waals surface area (Å²) >= 11 is 0. The molecule has 160 valence electrons. The number of nitrogens with one attached hydrogen (secondary N) is 2. The van der Waals surface area contributed by atoms with Gasteiger partial charge in [-0.2, -0.15) is 4.39 Å². The Morgan fingerprint density at radius 1 is 1.32 bits per heavy atom. The Morgan fingerprint density at radius 3 is 2.74 bits per heavy atom. The number of methoxy groups -OCH3 is 1. The molecule has 4 N–H and O–H groups in total. The van der Waals surface area contributed by atoms with Crippen LogP contribution in [-0.2, 0) is 0 Å². The van der Waals surface area contributed by atoms with Crippen LogP contribution in [-0.4, -0.2) is 22.0 Å². The van der Waals surface area contributed by atoms with Gasteiger partial charge in [-0.1, -0.05) is 12.7 Å². The summed E-state index contributed by atoms with van der Waals surface area (Å²) < 4.78 is 19.0. The molecule has 0 saturated heterocycles. The van der Waals surface area contributed by atoms with Gasteiger partial charge in [0, 0.05) is 23.9 Å². The highest BCUT2D eigenvalue weighted by Gasteiger charge is 2.19. The molecule has 9 nitrogen and oxygen atoms in total. The van der Waals surface area contributed by atoms with Crippen molar-refractivity contribution in [1.82, 2.24) is 9.97 Å². The molecule has 0 spiro atoms. The van der Waals surface area contributed by atoms with E-state index in [1.54, 1.807) is 12.1 Å². The van der Waals surface area contributed by atoms with Gasteiger partial charge >= 0.3 is 5.69 Å². The largest absolute Gasteiger partial charge is 0.494 e. The summed E-state index contributed by atoms with van der Waals surface area (Å²) in [5, 5.41) is 17.2. The quantitative estimate of drug-likeness (QED) is 0.325. The Kier molecular flexibility index (Phi) is 6.61. The predicted molar refractivity (Wildman–Crippen MR) is 116 cm³/mol. The normalized spacial score (nSPS) is 13.4. The van der Waals surface area contributed by atoms with Crippen LogP contribution in [0.15, 0.2) is 72.4 Å². The number of nitro benzene ring substituents is 1. The molecule has 1 heterocycles. The van der Waals surface area contributed by atoms with E-state index >= 15 is 0 Å². The van der Waals surface area contributed by atoms with E-state index in [1.165, 1.54) is 19.6 Å². The molecule has 0 fully saturated rings. The molecule has 3 rings (SSSR count). The van der Waals surface area contributed by atoms with Gasteiger partial charge in [0.1, 0.15) is 23.7 Å². The molecule has 31 heavy (non-hydrogen) atoms. The molecule has 0 unspecified atom stereocenters. The first-order valence-corrected chi connectivity index (χ1v) is 9.28. The van der Waals surface area contributed by atoms with Crippen LogP contribution < -0.4 is 21.1 Å². The van der Waals surface area contributed by atoms with Gasteiger partial charge < -0.3 is 21.1 Å². The number of anilines is 3. The second kappa shape index (κ2) is 9.53. The summed E-state index contributed by atoms with van der Waals surface area (Å²) in [4.78, 5) is 18.6. The summed E-state index contributed by atoms with van der Waals surface area (Å²) in [6.07, 6.45) is 10.2. The van der Waals surface area contributed by atoms with E-state index in [0.29, 0.717) is 11.6 Å². The molecule has 0 amide bonds. The number of aromatic nitrogens is 2. The lowest BCUT2D eigenvalue weighted by atomic mass is 9.95. The van der Waals surface area contributed by atoms with Crippen molar-refractivity contribution < 1.29 is 14.1 Å². The molecule has 0 saturated carbocycles. The SMILES string of the molecule is C=C(/C=C\N)C1=C(Nc2cc(Nc3cc([N+](=O)[O-])c(F)cc3OC)ncn2)C=CCC1. The zero-order valence-corrected chi connectivity index (χ0v) is 16.8. The average molecular weight is 424 g/mol. The maximum Gasteiger partial charge on any atom is 0.307 e. The van der Waals surface area contributed by atoms with Crippen LogP contribution >= 0.6 is 0 Å². The van der Waals surface area contributed by atoms with E-state index < -0.39 is 16.4 Å². The Balaban J connectivity index is 1.89. The fourth-order valence-electron chi connectivity index (χ4n) is 3.05. The third-order valence-corrected chi connectivity index (χ3v) is 4.51. The van der Waals surface area contributed by atoms with Gasteiger partial charge in [0.05, 0.1) is 17.7 Å². The van der Waals surface area contributed by atoms with Crippen molar-refractivity contribution in [3.63, 3.8) is 0 Å². The van der Waals surface area contributed by atoms with Crippen molar-refractivity contribution in [3.8, 4) is 5.75 Å². The number of ether oxygens (including phenoxy) is 1. The van der Waals surface area contributed by atoms with E-state index in [1.807, 2.05) is 12.2 Å². The molecule has 1 aliphatic rings. The van der Waals surface area contributed by atoms with Crippen LogP contribution in [0.3, 0.4) is 0 Å². The summed E-state index contributed by atoms with van der Waals surface area (Å²) in [6, 6.07) is 3.61. The molecular weight excluding hydrogens is 403 g/mol. The molecule has 1 aromatic carbocycles. The van der Waals surface area contributed by atoms with Crippen molar-refractivity contribution in [3.05, 3.63) is 88.3 Å². The zero-order chi connectivity index (χ0) is 22.4. The minimum atomic E-state index is -0.993. The van der Waals surface area contributed by atoms with Crippen molar-refractivity contribution in [2.24, 2.45) is 5.73 Å². The van der Waals surface area contributed by atoms with Crippen molar-refractivity contribution in [2.75, 3.05) is 17.7 Å². The number of rotatable bonds is 8. The van der Waals surface area contributed by atoms with Crippen molar-refractivity contribution in [1.29, 1.82) is 0 Å². The molecule has 0 bridgehead atoms. The predicted octanol–water partition coefficient (Wildman–Crippen LogP) is 4.32. The van der Waals surface area contributed by atoms with E-state index in [0.717, 1.165) is 41.8 Å². The van der Waals surface area contributed by atoms with Gasteiger partial charge in [-0.15, -0.1) is 0 Å². The second-order valence-corrected chi connectivity index (χ2v) is 6.52. The van der Waals surface area contributed by atoms with E-state index in [4.69, 9.17) is 10.5 Å². The summed E-state index contributed by atoms with van der Waals surface area (Å²) in [6.45, 7) is 4.04. The Labute approximate surface area is 178 Å². The number of benzene rings is 1. The first kappa shape index (κ1) is 21.5. The maximum atomic E-state index is 13.9. The minimum absolute atomic E-state index is 0.0984. The molecule has 0 aliphatic heterocycles. The summed E-state index contributed by atoms with van der Waals surface area (Å²) in [7, 11) is 1.34. The highest BCUT2D eigenvalue weighted by atomic mass is 19.1. The van der Waals surface area contributed by atoms with Gasteiger partial charge in [-0.05, 0) is 42.3 Å². The molecule has 1 aromatic heterocycles. The van der Waals surface area contributed by atoms with E-state index in [2.05, 4.69) is 27.2 Å². The first-order valence-electron chi connectivity index (χ1n) is 9.28. The molecular formula is C21H21FN6O3. The zero-order valence-electron chi connectivity index (χ0n) is 16.8. The van der Waals surface area contributed by atoms with Gasteiger partial charge in [-0.25, -0.2) is 9.97 Å². The van der Waals surface area contributed by atoms with Crippen molar-refractivity contribution >= 4 is 23.0 Å². The highest BCUT2D eigenvalue weighted by molar-refractivity contribution is 5.69. The fourth-order valence-corrected chi connectivity index (χ4v) is 3.05. The van der Waals surface area contributed by atoms with Gasteiger partial charge in [0.25, 0.3) is 0 Å². The number of allylic oxidation sites excluding steroid dienone is 5. The molecule has 10 heteroatoms. The Morgan fingerprint density at radius 2 is 2.06 bits per heavy atom. The number of hydrogen-bond acceptors (Lipinski definition) is 8. The molecule has 0 radical (unpaired) electrons. The van der Waals surface area contributed by atoms with Crippen LogP contribution in [0.1, 0.15) is 12.8 Å². The first-order chi connectivity index (χ1) is 14.9. The van der Waals surface area contributed by atoms with E-state index in [9.17, 15) is 14.5 Å². The number of halogens is 1. The van der Waals surface area contributed by atoms with Crippen LogP contribution in [0.2, 0.25) is 0 Å². The number of hydrogen-bond donors (Lipinski definition) is 3. The lowest BCUT2D eigenvalue weighted by molar-refractivity contribution is -0.387. The Bertz CT molecular complexity index is 1110.